The molecule has 4 heteroatoms. The maximum atomic E-state index is 10.9. The minimum absolute atomic E-state index is 0.0645. The van der Waals surface area contributed by atoms with Crippen LogP contribution in [0.4, 0.5) is 0 Å². The molecule has 4 nitrogen and oxygen atoms in total. The van der Waals surface area contributed by atoms with Crippen molar-refractivity contribution in [2.45, 2.75) is 13.3 Å². The zero-order chi connectivity index (χ0) is 8.27. The largest absolute Gasteiger partial charge is 0.330 e. The molecule has 0 saturated heterocycles. The van der Waals surface area contributed by atoms with E-state index in [0.717, 1.165) is 18.9 Å². The fourth-order valence-electron chi connectivity index (χ4n) is 1.18. The van der Waals surface area contributed by atoms with Crippen LogP contribution in [0.2, 0.25) is 0 Å². The van der Waals surface area contributed by atoms with Gasteiger partial charge in [-0.2, -0.15) is 0 Å². The standard InChI is InChI=1S/C7H13N3O/c1-6(11)10-5-4-9-7(10)2-3-8/h2-5,8H2,1H3. The first kappa shape index (κ1) is 8.20. The van der Waals surface area contributed by atoms with Crippen LogP contribution in [0, 0.1) is 0 Å². The van der Waals surface area contributed by atoms with Gasteiger partial charge >= 0.3 is 0 Å². The summed E-state index contributed by atoms with van der Waals surface area (Å²) in [5.74, 6) is 0.912. The lowest BCUT2D eigenvalue weighted by Gasteiger charge is -2.14. The van der Waals surface area contributed by atoms with E-state index in [1.165, 1.54) is 0 Å². The second kappa shape index (κ2) is 3.48. The summed E-state index contributed by atoms with van der Waals surface area (Å²) in [6.45, 7) is 3.57. The van der Waals surface area contributed by atoms with Crippen molar-refractivity contribution in [3.05, 3.63) is 0 Å². The molecule has 0 aromatic heterocycles. The molecule has 0 bridgehead atoms. The Bertz CT molecular complexity index is 188. The Balaban J connectivity index is 2.55. The second-order valence-electron chi connectivity index (χ2n) is 2.51. The number of hydrogen-bond acceptors (Lipinski definition) is 3. The Hall–Kier alpha value is -0.900. The highest BCUT2D eigenvalue weighted by molar-refractivity contribution is 5.98. The first-order valence-corrected chi connectivity index (χ1v) is 3.77. The van der Waals surface area contributed by atoms with Crippen LogP contribution in [-0.4, -0.2) is 36.3 Å². The van der Waals surface area contributed by atoms with E-state index < -0.39 is 0 Å². The molecule has 2 N–H and O–H groups in total. The number of carbonyl (C=O) groups excluding carboxylic acids is 1. The highest BCUT2D eigenvalue weighted by Gasteiger charge is 2.18. The van der Waals surface area contributed by atoms with Crippen LogP contribution in [0.5, 0.6) is 0 Å². The Morgan fingerprint density at radius 3 is 3.09 bits per heavy atom. The molecule has 62 valence electrons. The van der Waals surface area contributed by atoms with Crippen molar-refractivity contribution >= 4 is 11.7 Å². The average molecular weight is 155 g/mol. The van der Waals surface area contributed by atoms with Gasteiger partial charge in [0, 0.05) is 19.9 Å². The number of carbonyl (C=O) groups is 1. The van der Waals surface area contributed by atoms with Gasteiger partial charge in [-0.1, -0.05) is 0 Å². The fraction of sp³-hybridized carbons (Fsp3) is 0.714. The number of hydrogen-bond donors (Lipinski definition) is 1. The van der Waals surface area contributed by atoms with Gasteiger partial charge in [0.25, 0.3) is 0 Å². The van der Waals surface area contributed by atoms with E-state index in [0.29, 0.717) is 13.0 Å². The van der Waals surface area contributed by atoms with E-state index in [4.69, 9.17) is 5.73 Å². The van der Waals surface area contributed by atoms with Gasteiger partial charge in [0.15, 0.2) is 0 Å². The predicted molar refractivity (Wildman–Crippen MR) is 43.4 cm³/mol. The van der Waals surface area contributed by atoms with Gasteiger partial charge in [-0.3, -0.25) is 14.7 Å². The summed E-state index contributed by atoms with van der Waals surface area (Å²) in [5.41, 5.74) is 5.35. The zero-order valence-electron chi connectivity index (χ0n) is 6.71. The number of nitrogens with zero attached hydrogens (tertiary/aromatic N) is 2. The number of amidine groups is 1. The lowest BCUT2D eigenvalue weighted by Crippen LogP contribution is -2.33. The predicted octanol–water partition coefficient (Wildman–Crippen LogP) is -0.404. The third kappa shape index (κ3) is 1.77. The molecule has 1 heterocycles. The molecule has 0 radical (unpaired) electrons. The smallest absolute Gasteiger partial charge is 0.224 e. The van der Waals surface area contributed by atoms with Crippen molar-refractivity contribution in [3.8, 4) is 0 Å². The summed E-state index contributed by atoms with van der Waals surface area (Å²) in [5, 5.41) is 0. The summed E-state index contributed by atoms with van der Waals surface area (Å²) < 4.78 is 0. The van der Waals surface area contributed by atoms with Crippen LogP contribution in [0.3, 0.4) is 0 Å². The molecule has 0 atom stereocenters. The summed E-state index contributed by atoms with van der Waals surface area (Å²) >= 11 is 0. The van der Waals surface area contributed by atoms with Crippen LogP contribution >= 0.6 is 0 Å². The molecule has 0 saturated carbocycles. The molecule has 0 spiro atoms. The topological polar surface area (TPSA) is 58.7 Å². The van der Waals surface area contributed by atoms with Crippen molar-refractivity contribution in [1.29, 1.82) is 0 Å². The van der Waals surface area contributed by atoms with Crippen LogP contribution in [-0.2, 0) is 4.79 Å². The van der Waals surface area contributed by atoms with Crippen LogP contribution in [0.15, 0.2) is 4.99 Å². The van der Waals surface area contributed by atoms with E-state index in [1.807, 2.05) is 0 Å². The first-order chi connectivity index (χ1) is 5.25. The molecule has 0 unspecified atom stereocenters. The molecule has 0 aliphatic carbocycles. The Labute approximate surface area is 66.1 Å². The molecule has 0 aromatic rings. The van der Waals surface area contributed by atoms with Crippen molar-refractivity contribution in [1.82, 2.24) is 4.90 Å². The maximum Gasteiger partial charge on any atom is 0.224 e. The Morgan fingerprint density at radius 1 is 1.82 bits per heavy atom. The number of aliphatic imine (C=N–C) groups is 1. The van der Waals surface area contributed by atoms with Gasteiger partial charge < -0.3 is 5.73 Å². The van der Waals surface area contributed by atoms with Gasteiger partial charge in [-0.25, -0.2) is 0 Å². The van der Waals surface area contributed by atoms with Gasteiger partial charge in [-0.15, -0.1) is 0 Å². The third-order valence-corrected chi connectivity index (χ3v) is 1.68. The van der Waals surface area contributed by atoms with E-state index in [-0.39, 0.29) is 5.91 Å². The first-order valence-electron chi connectivity index (χ1n) is 3.77. The summed E-state index contributed by atoms with van der Waals surface area (Å²) in [4.78, 5) is 16.8. The normalized spacial score (nSPS) is 16.9. The monoisotopic (exact) mass is 155 g/mol. The van der Waals surface area contributed by atoms with Gasteiger partial charge in [0.05, 0.1) is 6.54 Å². The summed E-state index contributed by atoms with van der Waals surface area (Å²) in [6, 6.07) is 0. The summed E-state index contributed by atoms with van der Waals surface area (Å²) in [7, 11) is 0. The highest BCUT2D eigenvalue weighted by atomic mass is 16.2. The lowest BCUT2D eigenvalue weighted by molar-refractivity contribution is -0.124. The molecular weight excluding hydrogens is 142 g/mol. The van der Waals surface area contributed by atoms with Crippen molar-refractivity contribution < 1.29 is 4.79 Å². The fourth-order valence-corrected chi connectivity index (χ4v) is 1.18. The Morgan fingerprint density at radius 2 is 2.55 bits per heavy atom. The average Bonchev–Trinajstić information content (AvgIpc) is 2.36. The Kier molecular flexibility index (Phi) is 2.59. The lowest BCUT2D eigenvalue weighted by atomic mass is 10.3. The van der Waals surface area contributed by atoms with Crippen LogP contribution < -0.4 is 5.73 Å². The van der Waals surface area contributed by atoms with Crippen LogP contribution in [0.25, 0.3) is 0 Å². The highest BCUT2D eigenvalue weighted by Crippen LogP contribution is 2.04. The van der Waals surface area contributed by atoms with Gasteiger partial charge in [0.1, 0.15) is 5.84 Å². The van der Waals surface area contributed by atoms with E-state index in [9.17, 15) is 4.79 Å². The van der Waals surface area contributed by atoms with Crippen molar-refractivity contribution in [2.75, 3.05) is 19.6 Å². The molecule has 0 aromatic carbocycles. The van der Waals surface area contributed by atoms with Crippen molar-refractivity contribution in [3.63, 3.8) is 0 Å². The SMILES string of the molecule is CC(=O)N1CCN=C1CCN. The van der Waals surface area contributed by atoms with Gasteiger partial charge in [-0.05, 0) is 6.54 Å². The van der Waals surface area contributed by atoms with Crippen molar-refractivity contribution in [2.24, 2.45) is 10.7 Å². The number of nitrogens with two attached hydrogens (primary N) is 1. The quantitative estimate of drug-likeness (QED) is 0.589. The van der Waals surface area contributed by atoms with E-state index >= 15 is 0 Å². The minimum Gasteiger partial charge on any atom is -0.330 e. The molecule has 11 heavy (non-hydrogen) atoms. The molecule has 1 aliphatic rings. The molecule has 0 fully saturated rings. The van der Waals surface area contributed by atoms with E-state index in [2.05, 4.69) is 4.99 Å². The molecular formula is C7H13N3O. The van der Waals surface area contributed by atoms with Gasteiger partial charge in [0.2, 0.25) is 5.91 Å². The molecule has 1 rings (SSSR count). The minimum atomic E-state index is 0.0645. The number of amides is 1. The third-order valence-electron chi connectivity index (χ3n) is 1.68. The maximum absolute atomic E-state index is 10.9. The molecule has 1 amide bonds. The van der Waals surface area contributed by atoms with E-state index in [1.54, 1.807) is 11.8 Å². The second-order valence-corrected chi connectivity index (χ2v) is 2.51. The zero-order valence-corrected chi connectivity index (χ0v) is 6.71. The summed E-state index contributed by atoms with van der Waals surface area (Å²) in [6.07, 6.45) is 0.708. The molecule has 1 aliphatic heterocycles. The van der Waals surface area contributed by atoms with Crippen LogP contribution in [0.1, 0.15) is 13.3 Å². The number of rotatable bonds is 2.